The Balaban J connectivity index is 1.89. The van der Waals surface area contributed by atoms with Crippen molar-refractivity contribution in [2.45, 2.75) is 32.2 Å². The summed E-state index contributed by atoms with van der Waals surface area (Å²) < 4.78 is 1.73. The summed E-state index contributed by atoms with van der Waals surface area (Å²) in [6.45, 7) is 0.644. The third kappa shape index (κ3) is 2.97. The van der Waals surface area contributed by atoms with Gasteiger partial charge >= 0.3 is 5.97 Å². The molecular formula is C17H19N3O3. The monoisotopic (exact) mass is 313 g/mol. The number of nitrogens with zero attached hydrogens (tertiary/aromatic N) is 3. The van der Waals surface area contributed by atoms with Crippen molar-refractivity contribution in [1.82, 2.24) is 9.55 Å². The first kappa shape index (κ1) is 15.3. The van der Waals surface area contributed by atoms with Gasteiger partial charge in [0.05, 0.1) is 6.42 Å². The van der Waals surface area contributed by atoms with Crippen molar-refractivity contribution in [3.8, 4) is 0 Å². The quantitative estimate of drug-likeness (QED) is 0.938. The van der Waals surface area contributed by atoms with Crippen LogP contribution >= 0.6 is 0 Å². The fourth-order valence-corrected chi connectivity index (χ4v) is 2.92. The summed E-state index contributed by atoms with van der Waals surface area (Å²) in [5.41, 5.74) is 1.01. The molecule has 0 atom stereocenters. The maximum Gasteiger partial charge on any atom is 0.356 e. The maximum atomic E-state index is 12.5. The summed E-state index contributed by atoms with van der Waals surface area (Å²) in [4.78, 5) is 29.9. The minimum atomic E-state index is -1.04. The lowest BCUT2D eigenvalue weighted by Crippen LogP contribution is -2.30. The van der Waals surface area contributed by atoms with Gasteiger partial charge in [-0.25, -0.2) is 9.78 Å². The van der Waals surface area contributed by atoms with Gasteiger partial charge in [0.15, 0.2) is 11.5 Å². The predicted octanol–water partition coefficient (Wildman–Crippen LogP) is 2.12. The first-order valence-corrected chi connectivity index (χ1v) is 7.71. The zero-order chi connectivity index (χ0) is 16.4. The van der Waals surface area contributed by atoms with Gasteiger partial charge in [-0.05, 0) is 18.4 Å². The molecule has 0 fully saturated rings. The number of aromatic nitrogens is 2. The number of anilines is 1. The van der Waals surface area contributed by atoms with E-state index in [1.165, 1.54) is 4.90 Å². The minimum Gasteiger partial charge on any atom is -0.476 e. The second-order valence-electron chi connectivity index (χ2n) is 5.73. The van der Waals surface area contributed by atoms with Crippen LogP contribution < -0.4 is 4.90 Å². The van der Waals surface area contributed by atoms with Crippen LogP contribution in [0.5, 0.6) is 0 Å². The summed E-state index contributed by atoms with van der Waals surface area (Å²) >= 11 is 0. The molecule has 1 aliphatic rings. The van der Waals surface area contributed by atoms with Crippen LogP contribution in [0.15, 0.2) is 30.3 Å². The molecule has 0 unspecified atom stereocenters. The number of imidazole rings is 1. The van der Waals surface area contributed by atoms with Gasteiger partial charge in [0.1, 0.15) is 5.82 Å². The standard InChI is InChI=1S/C17H19N3O3/c1-19(14(21)11-12-7-3-2-4-8-12)16-15(17(22)23)20-10-6-5-9-13(20)18-16/h2-4,7-8H,5-6,9-11H2,1H3,(H,22,23). The molecule has 1 amide bonds. The Kier molecular flexibility index (Phi) is 4.14. The number of rotatable bonds is 4. The Labute approximate surface area is 134 Å². The second-order valence-corrected chi connectivity index (χ2v) is 5.73. The number of fused-ring (bicyclic) bond motifs is 1. The van der Waals surface area contributed by atoms with Gasteiger partial charge in [0.25, 0.3) is 0 Å². The lowest BCUT2D eigenvalue weighted by molar-refractivity contribution is -0.117. The Morgan fingerprint density at radius 1 is 1.26 bits per heavy atom. The number of hydrogen-bond acceptors (Lipinski definition) is 3. The van der Waals surface area contributed by atoms with Crippen molar-refractivity contribution >= 4 is 17.7 Å². The molecule has 23 heavy (non-hydrogen) atoms. The second kappa shape index (κ2) is 6.24. The number of aryl methyl sites for hydroxylation is 1. The lowest BCUT2D eigenvalue weighted by Gasteiger charge is -2.17. The highest BCUT2D eigenvalue weighted by Crippen LogP contribution is 2.26. The first-order valence-electron chi connectivity index (χ1n) is 7.71. The number of carboxylic acid groups (broad SMARTS) is 1. The van der Waals surface area contributed by atoms with E-state index in [1.54, 1.807) is 11.6 Å². The summed E-state index contributed by atoms with van der Waals surface area (Å²) in [7, 11) is 1.59. The number of hydrogen-bond donors (Lipinski definition) is 1. The van der Waals surface area contributed by atoms with Crippen molar-refractivity contribution < 1.29 is 14.7 Å². The van der Waals surface area contributed by atoms with Crippen LogP contribution in [-0.2, 0) is 24.2 Å². The van der Waals surface area contributed by atoms with E-state index >= 15 is 0 Å². The number of carbonyl (C=O) groups is 2. The van der Waals surface area contributed by atoms with E-state index < -0.39 is 5.97 Å². The Hall–Kier alpha value is -2.63. The van der Waals surface area contributed by atoms with E-state index in [0.29, 0.717) is 6.54 Å². The van der Waals surface area contributed by atoms with Gasteiger partial charge in [-0.15, -0.1) is 0 Å². The van der Waals surface area contributed by atoms with Crippen LogP contribution in [0.4, 0.5) is 5.82 Å². The van der Waals surface area contributed by atoms with Crippen LogP contribution in [0.3, 0.4) is 0 Å². The number of aromatic carboxylic acids is 1. The molecule has 1 aromatic carbocycles. The molecule has 2 aromatic rings. The third-order valence-electron chi connectivity index (χ3n) is 4.15. The molecule has 1 aliphatic heterocycles. The highest BCUT2D eigenvalue weighted by molar-refractivity contribution is 6.00. The molecule has 3 rings (SSSR count). The molecule has 6 nitrogen and oxygen atoms in total. The van der Waals surface area contributed by atoms with Crippen LogP contribution in [0.2, 0.25) is 0 Å². The summed E-state index contributed by atoms with van der Waals surface area (Å²) in [6.07, 6.45) is 2.90. The molecule has 1 N–H and O–H groups in total. The van der Waals surface area contributed by atoms with E-state index in [2.05, 4.69) is 4.98 Å². The molecule has 0 spiro atoms. The Bertz CT molecular complexity index is 737. The first-order chi connectivity index (χ1) is 11.1. The highest BCUT2D eigenvalue weighted by Gasteiger charge is 2.28. The molecule has 0 radical (unpaired) electrons. The van der Waals surface area contributed by atoms with Crippen LogP contribution in [0, 0.1) is 0 Å². The van der Waals surface area contributed by atoms with Crippen molar-refractivity contribution in [3.05, 3.63) is 47.4 Å². The normalized spacial score (nSPS) is 13.4. The fourth-order valence-electron chi connectivity index (χ4n) is 2.92. The smallest absolute Gasteiger partial charge is 0.356 e. The lowest BCUT2D eigenvalue weighted by atomic mass is 10.1. The number of likely N-dealkylation sites (N-methyl/N-ethyl adjacent to an activating group) is 1. The van der Waals surface area contributed by atoms with Crippen molar-refractivity contribution in [3.63, 3.8) is 0 Å². The number of carboxylic acids is 1. The van der Waals surface area contributed by atoms with Gasteiger partial charge in [-0.2, -0.15) is 0 Å². The van der Waals surface area contributed by atoms with Crippen LogP contribution in [0.25, 0.3) is 0 Å². The van der Waals surface area contributed by atoms with Crippen molar-refractivity contribution in [1.29, 1.82) is 0 Å². The molecule has 1 aromatic heterocycles. The van der Waals surface area contributed by atoms with E-state index in [1.807, 2.05) is 30.3 Å². The van der Waals surface area contributed by atoms with Crippen molar-refractivity contribution in [2.75, 3.05) is 11.9 Å². The van der Waals surface area contributed by atoms with Crippen LogP contribution in [0.1, 0.15) is 34.7 Å². The van der Waals surface area contributed by atoms with Gasteiger partial charge in [-0.1, -0.05) is 30.3 Å². The molecule has 0 bridgehead atoms. The Morgan fingerprint density at radius 2 is 2.00 bits per heavy atom. The van der Waals surface area contributed by atoms with E-state index in [4.69, 9.17) is 0 Å². The molecule has 0 saturated heterocycles. The average molecular weight is 313 g/mol. The SMILES string of the molecule is CN(C(=O)Cc1ccccc1)c1nc2n(c1C(=O)O)CCCC2. The largest absolute Gasteiger partial charge is 0.476 e. The molecule has 2 heterocycles. The van der Waals surface area contributed by atoms with Crippen LogP contribution in [-0.4, -0.2) is 33.6 Å². The summed E-state index contributed by atoms with van der Waals surface area (Å²) in [5.74, 6) is -0.215. The summed E-state index contributed by atoms with van der Waals surface area (Å²) in [6, 6.07) is 9.40. The molecule has 0 saturated carbocycles. The highest BCUT2D eigenvalue weighted by atomic mass is 16.4. The molecule has 0 aliphatic carbocycles. The molecular weight excluding hydrogens is 294 g/mol. The topological polar surface area (TPSA) is 75.4 Å². The summed E-state index contributed by atoms with van der Waals surface area (Å²) in [5, 5.41) is 9.53. The zero-order valence-corrected chi connectivity index (χ0v) is 13.0. The predicted molar refractivity (Wildman–Crippen MR) is 85.7 cm³/mol. The molecule has 120 valence electrons. The maximum absolute atomic E-state index is 12.5. The van der Waals surface area contributed by atoms with E-state index in [-0.39, 0.29) is 23.8 Å². The van der Waals surface area contributed by atoms with E-state index in [0.717, 1.165) is 30.7 Å². The van der Waals surface area contributed by atoms with Gasteiger partial charge in [0, 0.05) is 20.0 Å². The average Bonchev–Trinajstić information content (AvgIpc) is 2.94. The van der Waals surface area contributed by atoms with Gasteiger partial charge in [0.2, 0.25) is 5.91 Å². The Morgan fingerprint density at radius 3 is 2.70 bits per heavy atom. The van der Waals surface area contributed by atoms with Gasteiger partial charge < -0.3 is 9.67 Å². The van der Waals surface area contributed by atoms with Gasteiger partial charge in [-0.3, -0.25) is 9.69 Å². The molecule has 6 heteroatoms. The fraction of sp³-hybridized carbons (Fsp3) is 0.353. The number of benzene rings is 1. The minimum absolute atomic E-state index is 0.114. The number of carbonyl (C=O) groups excluding carboxylic acids is 1. The third-order valence-corrected chi connectivity index (χ3v) is 4.15. The zero-order valence-electron chi connectivity index (χ0n) is 13.0. The van der Waals surface area contributed by atoms with Crippen molar-refractivity contribution in [2.24, 2.45) is 0 Å². The van der Waals surface area contributed by atoms with E-state index in [9.17, 15) is 14.7 Å². The number of amides is 1.